The van der Waals surface area contributed by atoms with E-state index in [4.69, 9.17) is 15.9 Å². The summed E-state index contributed by atoms with van der Waals surface area (Å²) < 4.78 is 9.77. The number of nitrogens with zero attached hydrogens (tertiary/aromatic N) is 2. The summed E-state index contributed by atoms with van der Waals surface area (Å²) in [5.41, 5.74) is 10.7. The van der Waals surface area contributed by atoms with Crippen molar-refractivity contribution in [3.8, 4) is 0 Å². The average Bonchev–Trinajstić information content (AvgIpc) is 3.38. The summed E-state index contributed by atoms with van der Waals surface area (Å²) >= 11 is 0.813. The molecule has 1 fully saturated rings. The number of aryl methyl sites for hydroxylation is 1. The number of nitrogens with two attached hydrogens (primary N) is 2. The molecule has 0 saturated heterocycles. The lowest BCUT2D eigenvalue weighted by molar-refractivity contribution is -0.128. The molecule has 2 aromatic rings. The van der Waals surface area contributed by atoms with Gasteiger partial charge in [-0.15, -0.1) is 0 Å². The molecule has 31 heavy (non-hydrogen) atoms. The van der Waals surface area contributed by atoms with E-state index in [9.17, 15) is 14.4 Å². The molecule has 3 amide bonds. The zero-order chi connectivity index (χ0) is 22.9. The van der Waals surface area contributed by atoms with Crippen LogP contribution in [-0.2, 0) is 4.79 Å². The van der Waals surface area contributed by atoms with Gasteiger partial charge in [-0.1, -0.05) is 12.8 Å². The van der Waals surface area contributed by atoms with E-state index < -0.39 is 23.4 Å². The summed E-state index contributed by atoms with van der Waals surface area (Å²) in [6.07, 6.45) is 3.41. The Morgan fingerprint density at radius 2 is 1.90 bits per heavy atom. The van der Waals surface area contributed by atoms with Crippen molar-refractivity contribution in [1.29, 1.82) is 0 Å². The predicted molar refractivity (Wildman–Crippen MR) is 118 cm³/mol. The molecule has 0 aliphatic heterocycles. The van der Waals surface area contributed by atoms with E-state index in [1.165, 1.54) is 0 Å². The van der Waals surface area contributed by atoms with Gasteiger partial charge in [-0.2, -0.15) is 4.37 Å². The Morgan fingerprint density at radius 3 is 2.39 bits per heavy atom. The molecule has 0 spiro atoms. The van der Waals surface area contributed by atoms with Crippen molar-refractivity contribution in [2.45, 2.75) is 71.0 Å². The first kappa shape index (κ1) is 22.8. The summed E-state index contributed by atoms with van der Waals surface area (Å²) in [5.74, 6) is -0.602. The van der Waals surface area contributed by atoms with E-state index in [-0.39, 0.29) is 28.2 Å². The van der Waals surface area contributed by atoms with Gasteiger partial charge in [-0.3, -0.25) is 14.4 Å². The van der Waals surface area contributed by atoms with Gasteiger partial charge in [-0.05, 0) is 64.2 Å². The fourth-order valence-electron chi connectivity index (χ4n) is 3.85. The first-order valence-electron chi connectivity index (χ1n) is 10.3. The van der Waals surface area contributed by atoms with Crippen LogP contribution in [0.5, 0.6) is 0 Å². The summed E-state index contributed by atoms with van der Waals surface area (Å²) in [7, 11) is 0. The Kier molecular flexibility index (Phi) is 6.40. The number of nitrogen functional groups attached to an aromatic ring is 1. The van der Waals surface area contributed by atoms with Crippen molar-refractivity contribution in [2.75, 3.05) is 5.73 Å². The van der Waals surface area contributed by atoms with Crippen LogP contribution >= 0.6 is 11.5 Å². The molecular weight excluding hydrogens is 418 g/mol. The maximum atomic E-state index is 13.7. The van der Waals surface area contributed by atoms with E-state index in [0.717, 1.165) is 37.2 Å². The first-order valence-corrected chi connectivity index (χ1v) is 11.0. The van der Waals surface area contributed by atoms with Crippen LogP contribution in [-0.4, -0.2) is 38.6 Å². The molecule has 0 radical (unpaired) electrons. The molecule has 1 unspecified atom stereocenters. The van der Waals surface area contributed by atoms with Gasteiger partial charge in [0.1, 0.15) is 16.4 Å². The molecule has 0 aromatic carbocycles. The van der Waals surface area contributed by atoms with Crippen LogP contribution in [0.1, 0.15) is 84.2 Å². The summed E-state index contributed by atoms with van der Waals surface area (Å²) in [6, 6.07) is 2.31. The van der Waals surface area contributed by atoms with Crippen LogP contribution in [0, 0.1) is 6.92 Å². The molecule has 0 bridgehead atoms. The van der Waals surface area contributed by atoms with Crippen molar-refractivity contribution < 1.29 is 18.8 Å². The topological polar surface area (TPSA) is 145 Å². The average molecular weight is 448 g/mol. The molecule has 1 aliphatic rings. The van der Waals surface area contributed by atoms with Gasteiger partial charge >= 0.3 is 0 Å². The number of rotatable bonds is 6. The fraction of sp³-hybridized carbons (Fsp3) is 0.524. The van der Waals surface area contributed by atoms with Crippen molar-refractivity contribution in [1.82, 2.24) is 14.6 Å². The molecule has 168 valence electrons. The second kappa shape index (κ2) is 8.70. The Labute approximate surface area is 185 Å². The number of amides is 3. The van der Waals surface area contributed by atoms with E-state index in [1.54, 1.807) is 24.0 Å². The number of aromatic nitrogens is 1. The second-order valence-electron chi connectivity index (χ2n) is 8.88. The smallest absolute Gasteiger partial charge is 0.270 e. The molecule has 1 aliphatic carbocycles. The second-order valence-corrected chi connectivity index (χ2v) is 9.65. The molecule has 1 atom stereocenters. The molecule has 5 N–H and O–H groups in total. The molecular formula is C21H29N5O4S. The minimum absolute atomic E-state index is 0.0592. The zero-order valence-corrected chi connectivity index (χ0v) is 19.0. The van der Waals surface area contributed by atoms with Crippen LogP contribution in [0.2, 0.25) is 0 Å². The summed E-state index contributed by atoms with van der Waals surface area (Å²) in [6.45, 7) is 7.40. The number of carbonyl (C=O) groups excluding carboxylic acids is 3. The summed E-state index contributed by atoms with van der Waals surface area (Å²) in [4.78, 5) is 40.4. The highest BCUT2D eigenvalue weighted by Crippen LogP contribution is 2.36. The van der Waals surface area contributed by atoms with Crippen molar-refractivity contribution in [2.24, 2.45) is 5.73 Å². The van der Waals surface area contributed by atoms with Gasteiger partial charge in [0.2, 0.25) is 0 Å². The Balaban J connectivity index is 2.10. The number of nitrogens with one attached hydrogen (secondary N) is 1. The van der Waals surface area contributed by atoms with Crippen molar-refractivity contribution in [3.63, 3.8) is 0 Å². The minimum atomic E-state index is -0.984. The maximum Gasteiger partial charge on any atom is 0.270 e. The molecule has 3 rings (SSSR count). The highest BCUT2D eigenvalue weighted by molar-refractivity contribution is 7.09. The van der Waals surface area contributed by atoms with Crippen molar-refractivity contribution >= 4 is 34.9 Å². The Bertz CT molecular complexity index is 984. The van der Waals surface area contributed by atoms with E-state index >= 15 is 0 Å². The quantitative estimate of drug-likeness (QED) is 0.621. The van der Waals surface area contributed by atoms with Crippen LogP contribution in [0.4, 0.5) is 5.69 Å². The molecule has 1 saturated carbocycles. The normalized spacial score (nSPS) is 15.6. The number of anilines is 1. The molecule has 2 heterocycles. The number of primary amides is 1. The van der Waals surface area contributed by atoms with Crippen LogP contribution < -0.4 is 16.8 Å². The third-order valence-corrected chi connectivity index (χ3v) is 6.01. The van der Waals surface area contributed by atoms with Gasteiger partial charge < -0.3 is 26.1 Å². The molecule has 9 nitrogen and oxygen atoms in total. The van der Waals surface area contributed by atoms with Crippen LogP contribution in [0.3, 0.4) is 0 Å². The Hall–Kier alpha value is -2.88. The zero-order valence-electron chi connectivity index (χ0n) is 18.2. The molecule has 10 heteroatoms. The third-order valence-electron chi connectivity index (χ3n) is 5.16. The SMILES string of the molecule is Cc1ccc(C(C(=O)NC(C)(C)C)N(C(=O)c2snc(C(N)=O)c2N)C2CCCC2)o1. The van der Waals surface area contributed by atoms with E-state index in [1.807, 2.05) is 20.8 Å². The Morgan fingerprint density at radius 1 is 1.26 bits per heavy atom. The highest BCUT2D eigenvalue weighted by atomic mass is 32.1. The van der Waals surface area contributed by atoms with Gasteiger partial charge in [0.05, 0.1) is 5.69 Å². The van der Waals surface area contributed by atoms with Gasteiger partial charge in [0, 0.05) is 11.6 Å². The van der Waals surface area contributed by atoms with Crippen LogP contribution in [0.15, 0.2) is 16.5 Å². The fourth-order valence-corrected chi connectivity index (χ4v) is 4.60. The standard InChI is InChI=1S/C21H29N5O4S/c1-11-9-10-13(30-11)16(19(28)24-21(2,3)4)26(12-7-5-6-8-12)20(29)17-14(22)15(18(23)27)25-31-17/h9-10,12,16H,5-8,22H2,1-4H3,(H2,23,27)(H,24,28). The minimum Gasteiger partial charge on any atom is -0.464 e. The van der Waals surface area contributed by atoms with E-state index in [0.29, 0.717) is 11.5 Å². The summed E-state index contributed by atoms with van der Waals surface area (Å²) in [5, 5.41) is 2.96. The number of hydrogen-bond acceptors (Lipinski definition) is 7. The highest BCUT2D eigenvalue weighted by Gasteiger charge is 2.42. The van der Waals surface area contributed by atoms with Crippen LogP contribution in [0.25, 0.3) is 0 Å². The first-order chi connectivity index (χ1) is 14.5. The van der Waals surface area contributed by atoms with Gasteiger partial charge in [-0.25, -0.2) is 0 Å². The van der Waals surface area contributed by atoms with E-state index in [2.05, 4.69) is 9.69 Å². The number of furan rings is 1. The maximum absolute atomic E-state index is 13.7. The third kappa shape index (κ3) is 4.90. The lowest BCUT2D eigenvalue weighted by Crippen LogP contribution is -2.51. The van der Waals surface area contributed by atoms with Crippen molar-refractivity contribution in [3.05, 3.63) is 34.2 Å². The molecule has 2 aromatic heterocycles. The van der Waals surface area contributed by atoms with Gasteiger partial charge in [0.25, 0.3) is 17.7 Å². The lowest BCUT2D eigenvalue weighted by Gasteiger charge is -2.36. The van der Waals surface area contributed by atoms with Gasteiger partial charge in [0.15, 0.2) is 11.7 Å². The lowest BCUT2D eigenvalue weighted by atomic mass is 10.0. The monoisotopic (exact) mass is 447 g/mol. The number of hydrogen-bond donors (Lipinski definition) is 3. The number of carbonyl (C=O) groups is 3. The predicted octanol–water partition coefficient (Wildman–Crippen LogP) is 2.77. The largest absolute Gasteiger partial charge is 0.464 e.